The van der Waals surface area contributed by atoms with E-state index in [4.69, 9.17) is 5.26 Å². The van der Waals surface area contributed by atoms with Gasteiger partial charge in [-0.25, -0.2) is 0 Å². The monoisotopic (exact) mass is 387 g/mol. The molecule has 0 atom stereocenters. The molecule has 1 aliphatic heterocycles. The maximum absolute atomic E-state index is 13.2. The summed E-state index contributed by atoms with van der Waals surface area (Å²) in [5.74, 6) is -0.549. The number of rotatable bonds is 3. The van der Waals surface area contributed by atoms with Gasteiger partial charge in [-0.05, 0) is 49.2 Å². The Morgan fingerprint density at radius 3 is 2.39 bits per heavy atom. The zero-order valence-electron chi connectivity index (χ0n) is 15.2. The van der Waals surface area contributed by atoms with Crippen LogP contribution in [0.2, 0.25) is 0 Å². The lowest BCUT2D eigenvalue weighted by Crippen LogP contribution is -2.26. The average molecular weight is 387 g/mol. The highest BCUT2D eigenvalue weighted by Gasteiger charge is 2.31. The van der Waals surface area contributed by atoms with Crippen molar-refractivity contribution in [1.29, 1.82) is 5.26 Å². The Morgan fingerprint density at radius 2 is 1.75 bits per heavy atom. The van der Waals surface area contributed by atoms with Crippen LogP contribution >= 0.6 is 0 Å². The fourth-order valence-electron chi connectivity index (χ4n) is 3.32. The summed E-state index contributed by atoms with van der Waals surface area (Å²) in [6, 6.07) is 11.5. The minimum absolute atomic E-state index is 0.129. The molecule has 7 heteroatoms. The normalized spacial score (nSPS) is 14.9. The third-order valence-electron chi connectivity index (χ3n) is 4.77. The Hall–Kier alpha value is -3.01. The van der Waals surface area contributed by atoms with Gasteiger partial charge in [0.15, 0.2) is 0 Å². The van der Waals surface area contributed by atoms with Crippen molar-refractivity contribution in [3.05, 3.63) is 59.2 Å². The fourth-order valence-corrected chi connectivity index (χ4v) is 3.32. The van der Waals surface area contributed by atoms with Crippen molar-refractivity contribution in [3.63, 3.8) is 0 Å². The minimum Gasteiger partial charge on any atom is -0.370 e. The van der Waals surface area contributed by atoms with Crippen molar-refractivity contribution >= 4 is 17.3 Å². The van der Waals surface area contributed by atoms with E-state index in [1.54, 1.807) is 12.1 Å². The van der Waals surface area contributed by atoms with Gasteiger partial charge in [-0.1, -0.05) is 18.9 Å². The number of anilines is 2. The SMILES string of the molecule is N#Cc1cccc(C(=O)Nc2cc(C(F)(F)F)ccc2N2CCCCCC2)c1. The molecular weight excluding hydrogens is 367 g/mol. The number of hydrogen-bond acceptors (Lipinski definition) is 3. The number of amides is 1. The van der Waals surface area contributed by atoms with Crippen LogP contribution in [0, 0.1) is 11.3 Å². The molecule has 1 heterocycles. The van der Waals surface area contributed by atoms with Crippen molar-refractivity contribution in [2.45, 2.75) is 31.9 Å². The van der Waals surface area contributed by atoms with E-state index in [2.05, 4.69) is 5.32 Å². The quantitative estimate of drug-likeness (QED) is 0.787. The number of nitrogens with one attached hydrogen (secondary N) is 1. The molecule has 2 aromatic rings. The van der Waals surface area contributed by atoms with E-state index in [0.29, 0.717) is 11.3 Å². The van der Waals surface area contributed by atoms with Gasteiger partial charge in [0.25, 0.3) is 5.91 Å². The number of carbonyl (C=O) groups excluding carboxylic acids is 1. The van der Waals surface area contributed by atoms with Crippen molar-refractivity contribution in [2.75, 3.05) is 23.3 Å². The minimum atomic E-state index is -4.50. The van der Waals surface area contributed by atoms with Crippen LogP contribution in [0.4, 0.5) is 24.5 Å². The Morgan fingerprint density at radius 1 is 1.04 bits per heavy atom. The molecule has 1 aliphatic rings. The van der Waals surface area contributed by atoms with E-state index >= 15 is 0 Å². The maximum atomic E-state index is 13.2. The van der Waals surface area contributed by atoms with Gasteiger partial charge in [0.2, 0.25) is 0 Å². The van der Waals surface area contributed by atoms with Gasteiger partial charge in [0.1, 0.15) is 0 Å². The van der Waals surface area contributed by atoms with Crippen LogP contribution in [0.5, 0.6) is 0 Å². The van der Waals surface area contributed by atoms with E-state index in [1.807, 2.05) is 11.0 Å². The third kappa shape index (κ3) is 4.63. The molecule has 3 rings (SSSR count). The largest absolute Gasteiger partial charge is 0.416 e. The summed E-state index contributed by atoms with van der Waals surface area (Å²) >= 11 is 0. The topological polar surface area (TPSA) is 56.1 Å². The summed E-state index contributed by atoms with van der Waals surface area (Å²) in [5, 5.41) is 11.6. The van der Waals surface area contributed by atoms with Crippen LogP contribution in [0.3, 0.4) is 0 Å². The van der Waals surface area contributed by atoms with E-state index < -0.39 is 17.6 Å². The van der Waals surface area contributed by atoms with Crippen LogP contribution in [0.25, 0.3) is 0 Å². The second-order valence-electron chi connectivity index (χ2n) is 6.78. The lowest BCUT2D eigenvalue weighted by atomic mass is 10.1. The molecule has 1 N–H and O–H groups in total. The molecule has 0 unspecified atom stereocenters. The van der Waals surface area contributed by atoms with Crippen LogP contribution < -0.4 is 10.2 Å². The number of alkyl halides is 3. The zero-order chi connectivity index (χ0) is 20.1. The van der Waals surface area contributed by atoms with Crippen LogP contribution in [-0.2, 0) is 6.18 Å². The van der Waals surface area contributed by atoms with Crippen LogP contribution in [-0.4, -0.2) is 19.0 Å². The number of nitrogens with zero attached hydrogens (tertiary/aromatic N) is 2. The second-order valence-corrected chi connectivity index (χ2v) is 6.78. The highest BCUT2D eigenvalue weighted by Crippen LogP contribution is 2.36. The van der Waals surface area contributed by atoms with Crippen molar-refractivity contribution < 1.29 is 18.0 Å². The number of halogens is 3. The van der Waals surface area contributed by atoms with Gasteiger partial charge in [0, 0.05) is 18.7 Å². The first-order valence-electron chi connectivity index (χ1n) is 9.16. The Bertz CT molecular complexity index is 894. The molecule has 0 radical (unpaired) electrons. The van der Waals surface area contributed by atoms with Gasteiger partial charge < -0.3 is 10.2 Å². The molecule has 28 heavy (non-hydrogen) atoms. The lowest BCUT2D eigenvalue weighted by Gasteiger charge is -2.26. The number of hydrogen-bond donors (Lipinski definition) is 1. The first-order valence-corrected chi connectivity index (χ1v) is 9.16. The molecule has 4 nitrogen and oxygen atoms in total. The summed E-state index contributed by atoms with van der Waals surface area (Å²) in [6.45, 7) is 1.47. The summed E-state index contributed by atoms with van der Waals surface area (Å²) in [5.41, 5.74) is 0.429. The molecular formula is C21H20F3N3O. The molecule has 1 fully saturated rings. The molecule has 0 bridgehead atoms. The summed E-state index contributed by atoms with van der Waals surface area (Å²) < 4.78 is 39.6. The van der Waals surface area contributed by atoms with E-state index in [1.165, 1.54) is 18.2 Å². The second kappa shape index (κ2) is 8.34. The molecule has 0 saturated carbocycles. The van der Waals surface area contributed by atoms with Gasteiger partial charge in [-0.2, -0.15) is 18.4 Å². The molecule has 2 aromatic carbocycles. The number of benzene rings is 2. The van der Waals surface area contributed by atoms with E-state index in [-0.39, 0.29) is 11.3 Å². The van der Waals surface area contributed by atoms with E-state index in [9.17, 15) is 18.0 Å². The predicted octanol–water partition coefficient (Wildman–Crippen LogP) is 5.21. The lowest BCUT2D eigenvalue weighted by molar-refractivity contribution is -0.137. The summed E-state index contributed by atoms with van der Waals surface area (Å²) in [7, 11) is 0. The number of nitriles is 1. The molecule has 146 valence electrons. The maximum Gasteiger partial charge on any atom is 0.416 e. The fraction of sp³-hybridized carbons (Fsp3) is 0.333. The van der Waals surface area contributed by atoms with Crippen LogP contribution in [0.1, 0.15) is 47.2 Å². The highest BCUT2D eigenvalue weighted by molar-refractivity contribution is 6.06. The van der Waals surface area contributed by atoms with Crippen molar-refractivity contribution in [3.8, 4) is 6.07 Å². The van der Waals surface area contributed by atoms with Gasteiger partial charge in [0.05, 0.1) is 28.6 Å². The standard InChI is InChI=1S/C21H20F3N3O/c22-21(23,24)17-8-9-19(27-10-3-1-2-4-11-27)18(13-17)26-20(28)16-7-5-6-15(12-16)14-25/h5-9,12-13H,1-4,10-11H2,(H,26,28). The Labute approximate surface area is 161 Å². The Kier molecular flexibility index (Phi) is 5.88. The number of carbonyl (C=O) groups is 1. The highest BCUT2D eigenvalue weighted by atomic mass is 19.4. The van der Waals surface area contributed by atoms with Crippen LogP contribution in [0.15, 0.2) is 42.5 Å². The van der Waals surface area contributed by atoms with E-state index in [0.717, 1.165) is 50.9 Å². The van der Waals surface area contributed by atoms with Gasteiger partial charge in [-0.15, -0.1) is 0 Å². The van der Waals surface area contributed by atoms with Crippen molar-refractivity contribution in [2.24, 2.45) is 0 Å². The molecule has 0 aromatic heterocycles. The summed E-state index contributed by atoms with van der Waals surface area (Å²) in [4.78, 5) is 14.6. The first-order chi connectivity index (χ1) is 13.4. The van der Waals surface area contributed by atoms with Crippen molar-refractivity contribution in [1.82, 2.24) is 0 Å². The molecule has 0 aliphatic carbocycles. The van der Waals surface area contributed by atoms with Gasteiger partial charge >= 0.3 is 6.18 Å². The Balaban J connectivity index is 1.95. The van der Waals surface area contributed by atoms with Gasteiger partial charge in [-0.3, -0.25) is 4.79 Å². The predicted molar refractivity (Wildman–Crippen MR) is 101 cm³/mol. The molecule has 1 amide bonds. The molecule has 0 spiro atoms. The average Bonchev–Trinajstić information content (AvgIpc) is 2.96. The smallest absolute Gasteiger partial charge is 0.370 e. The first kappa shape index (κ1) is 19.7. The zero-order valence-corrected chi connectivity index (χ0v) is 15.2. The molecule has 1 saturated heterocycles. The third-order valence-corrected chi connectivity index (χ3v) is 4.77. The summed E-state index contributed by atoms with van der Waals surface area (Å²) in [6.07, 6.45) is -0.422.